The van der Waals surface area contributed by atoms with Gasteiger partial charge in [-0.2, -0.15) is 0 Å². The van der Waals surface area contributed by atoms with Crippen LogP contribution in [0.1, 0.15) is 50.7 Å². The van der Waals surface area contributed by atoms with Crippen molar-refractivity contribution < 1.29 is 14.5 Å². The van der Waals surface area contributed by atoms with Crippen molar-refractivity contribution in [2.75, 3.05) is 7.11 Å². The maximum Gasteiger partial charge on any atom is 0.311 e. The van der Waals surface area contributed by atoms with Gasteiger partial charge in [-0.15, -0.1) is 0 Å². The number of nitrogens with zero attached hydrogens (tertiary/aromatic N) is 1. The van der Waals surface area contributed by atoms with E-state index in [0.29, 0.717) is 4.47 Å². The Morgan fingerprint density at radius 2 is 2.08 bits per heavy atom. The molecule has 1 aromatic carbocycles. The molecule has 2 aliphatic carbocycles. The van der Waals surface area contributed by atoms with Crippen molar-refractivity contribution in [1.82, 2.24) is 0 Å². The zero-order valence-corrected chi connectivity index (χ0v) is 15.8. The van der Waals surface area contributed by atoms with Crippen molar-refractivity contribution in [3.63, 3.8) is 0 Å². The molecule has 0 heterocycles. The Balaban J connectivity index is 2.12. The van der Waals surface area contributed by atoms with Gasteiger partial charge in [-0.05, 0) is 77.1 Å². The number of nitro groups is 1. The summed E-state index contributed by atoms with van der Waals surface area (Å²) in [6.07, 6.45) is 4.39. The first-order chi connectivity index (χ1) is 11.2. The van der Waals surface area contributed by atoms with E-state index < -0.39 is 5.41 Å². The number of hydrogen-bond donors (Lipinski definition) is 0. The summed E-state index contributed by atoms with van der Waals surface area (Å²) in [4.78, 5) is 23.4. The number of carbonyl (C=O) groups is 1. The van der Waals surface area contributed by atoms with Crippen molar-refractivity contribution in [3.05, 3.63) is 37.8 Å². The van der Waals surface area contributed by atoms with Gasteiger partial charge in [-0.1, -0.05) is 13.3 Å². The number of methoxy groups -OCH3 is 1. The Hall–Kier alpha value is -1.43. The van der Waals surface area contributed by atoms with Crippen molar-refractivity contribution in [2.24, 2.45) is 11.3 Å². The Morgan fingerprint density at radius 3 is 2.71 bits per heavy atom. The average molecular weight is 396 g/mol. The van der Waals surface area contributed by atoms with Crippen molar-refractivity contribution >= 4 is 27.6 Å². The van der Waals surface area contributed by atoms with E-state index in [-0.39, 0.29) is 27.9 Å². The molecule has 0 bridgehead atoms. The SMILES string of the molecule is COC(=O)[C@]1(C)CCC[C@]2(C)c3cc(Br)c([N+](=O)[O-])cc3CCC12. The first-order valence-electron chi connectivity index (χ1n) is 8.30. The summed E-state index contributed by atoms with van der Waals surface area (Å²) in [7, 11) is 1.45. The second-order valence-electron chi connectivity index (χ2n) is 7.49. The molecule has 0 aliphatic heterocycles. The predicted octanol–water partition coefficient (Wildman–Crippen LogP) is 4.54. The number of aryl methyl sites for hydroxylation is 1. The molecule has 130 valence electrons. The van der Waals surface area contributed by atoms with E-state index in [2.05, 4.69) is 22.9 Å². The van der Waals surface area contributed by atoms with Crippen molar-refractivity contribution in [2.45, 2.75) is 51.4 Å². The first kappa shape index (κ1) is 17.4. The van der Waals surface area contributed by atoms with Crippen LogP contribution in [0.5, 0.6) is 0 Å². The Kier molecular flexibility index (Phi) is 4.22. The van der Waals surface area contributed by atoms with Gasteiger partial charge in [0.05, 0.1) is 21.9 Å². The van der Waals surface area contributed by atoms with Crippen LogP contribution in [0.25, 0.3) is 0 Å². The molecular weight excluding hydrogens is 374 g/mol. The number of hydrogen-bond acceptors (Lipinski definition) is 4. The molecule has 0 N–H and O–H groups in total. The van der Waals surface area contributed by atoms with Gasteiger partial charge in [0.15, 0.2) is 0 Å². The van der Waals surface area contributed by atoms with Gasteiger partial charge in [0.1, 0.15) is 0 Å². The van der Waals surface area contributed by atoms with Crippen LogP contribution in [0, 0.1) is 21.4 Å². The molecule has 24 heavy (non-hydrogen) atoms. The zero-order chi connectivity index (χ0) is 17.7. The maximum absolute atomic E-state index is 12.5. The summed E-state index contributed by atoms with van der Waals surface area (Å²) < 4.78 is 5.62. The Morgan fingerprint density at radius 1 is 1.38 bits per heavy atom. The van der Waals surface area contributed by atoms with Crippen LogP contribution in [0.15, 0.2) is 16.6 Å². The van der Waals surface area contributed by atoms with Crippen LogP contribution in [0.3, 0.4) is 0 Å². The first-order valence-corrected chi connectivity index (χ1v) is 9.09. The van der Waals surface area contributed by atoms with Gasteiger partial charge < -0.3 is 4.74 Å². The van der Waals surface area contributed by atoms with Gasteiger partial charge in [-0.25, -0.2) is 0 Å². The summed E-state index contributed by atoms with van der Waals surface area (Å²) in [5, 5.41) is 11.2. The number of nitro benzene ring substituents is 1. The highest BCUT2D eigenvalue weighted by atomic mass is 79.9. The lowest BCUT2D eigenvalue weighted by Crippen LogP contribution is -2.52. The van der Waals surface area contributed by atoms with Gasteiger partial charge in [0.2, 0.25) is 0 Å². The Bertz CT molecular complexity index is 719. The van der Waals surface area contributed by atoms with Crippen molar-refractivity contribution in [3.8, 4) is 0 Å². The number of fused-ring (bicyclic) bond motifs is 3. The molecule has 1 aromatic rings. The minimum absolute atomic E-state index is 0.113. The van der Waals surface area contributed by atoms with E-state index in [1.54, 1.807) is 6.07 Å². The molecular formula is C18H22BrNO4. The Labute approximate surface area is 150 Å². The molecule has 1 unspecified atom stereocenters. The van der Waals surface area contributed by atoms with E-state index >= 15 is 0 Å². The van der Waals surface area contributed by atoms with Gasteiger partial charge in [0, 0.05) is 6.07 Å². The molecule has 0 spiro atoms. The van der Waals surface area contributed by atoms with Crippen molar-refractivity contribution in [1.29, 1.82) is 0 Å². The van der Waals surface area contributed by atoms with Crippen LogP contribution >= 0.6 is 15.9 Å². The lowest BCUT2D eigenvalue weighted by Gasteiger charge is -2.54. The topological polar surface area (TPSA) is 69.4 Å². The van der Waals surface area contributed by atoms with E-state index in [4.69, 9.17) is 4.74 Å². The minimum atomic E-state index is -0.492. The number of ether oxygens (including phenoxy) is 1. The van der Waals surface area contributed by atoms with E-state index in [9.17, 15) is 14.9 Å². The molecule has 2 aliphatic rings. The van der Waals surface area contributed by atoms with E-state index in [1.165, 1.54) is 7.11 Å². The second kappa shape index (κ2) is 5.83. The number of rotatable bonds is 2. The summed E-state index contributed by atoms with van der Waals surface area (Å²) in [5.41, 5.74) is 1.64. The molecule has 0 saturated heterocycles. The summed E-state index contributed by atoms with van der Waals surface area (Å²) >= 11 is 3.35. The predicted molar refractivity (Wildman–Crippen MR) is 93.9 cm³/mol. The number of benzene rings is 1. The molecule has 5 nitrogen and oxygen atoms in total. The summed E-state index contributed by atoms with van der Waals surface area (Å²) in [5.74, 6) is 0.0508. The normalized spacial score (nSPS) is 31.8. The zero-order valence-electron chi connectivity index (χ0n) is 14.2. The highest BCUT2D eigenvalue weighted by molar-refractivity contribution is 9.10. The third-order valence-electron chi connectivity index (χ3n) is 6.27. The monoisotopic (exact) mass is 395 g/mol. The molecule has 0 amide bonds. The fraction of sp³-hybridized carbons (Fsp3) is 0.611. The van der Waals surface area contributed by atoms with Crippen LogP contribution in [-0.4, -0.2) is 18.0 Å². The molecule has 0 radical (unpaired) electrons. The standard InChI is InChI=1S/C18H22BrNO4/c1-17-7-4-8-18(2,16(21)24-3)15(17)6-5-11-9-14(20(22)23)13(19)10-12(11)17/h9-10,15H,4-8H2,1-3H3/t15?,17-,18-/m1/s1. The van der Waals surface area contributed by atoms with Crippen LogP contribution in [0.4, 0.5) is 5.69 Å². The van der Waals surface area contributed by atoms with Gasteiger partial charge >= 0.3 is 5.97 Å². The number of halogens is 1. The number of esters is 1. The highest BCUT2D eigenvalue weighted by Crippen LogP contribution is 2.58. The number of carbonyl (C=O) groups excluding carboxylic acids is 1. The molecule has 3 rings (SSSR count). The second-order valence-corrected chi connectivity index (χ2v) is 8.34. The third-order valence-corrected chi connectivity index (χ3v) is 6.90. The quantitative estimate of drug-likeness (QED) is 0.418. The maximum atomic E-state index is 12.5. The molecule has 0 aromatic heterocycles. The van der Waals surface area contributed by atoms with Crippen LogP contribution < -0.4 is 0 Å². The van der Waals surface area contributed by atoms with E-state index in [1.807, 2.05) is 13.0 Å². The third kappa shape index (κ3) is 2.38. The average Bonchev–Trinajstić information content (AvgIpc) is 2.53. The molecule has 1 saturated carbocycles. The molecule has 3 atom stereocenters. The van der Waals surface area contributed by atoms with Crippen LogP contribution in [0.2, 0.25) is 0 Å². The highest BCUT2D eigenvalue weighted by Gasteiger charge is 2.55. The smallest absolute Gasteiger partial charge is 0.311 e. The lowest BCUT2D eigenvalue weighted by molar-refractivity contribution is -0.385. The van der Waals surface area contributed by atoms with E-state index in [0.717, 1.165) is 43.2 Å². The largest absolute Gasteiger partial charge is 0.469 e. The fourth-order valence-electron chi connectivity index (χ4n) is 5.09. The molecule has 1 fully saturated rings. The van der Waals surface area contributed by atoms with Crippen LogP contribution in [-0.2, 0) is 21.4 Å². The van der Waals surface area contributed by atoms with Gasteiger partial charge in [0.25, 0.3) is 5.69 Å². The minimum Gasteiger partial charge on any atom is -0.469 e. The lowest BCUT2D eigenvalue weighted by atomic mass is 9.50. The summed E-state index contributed by atoms with van der Waals surface area (Å²) in [6, 6.07) is 3.60. The summed E-state index contributed by atoms with van der Waals surface area (Å²) in [6.45, 7) is 4.22. The fourth-order valence-corrected chi connectivity index (χ4v) is 5.58. The molecule has 6 heteroatoms. The van der Waals surface area contributed by atoms with Gasteiger partial charge in [-0.3, -0.25) is 14.9 Å².